The Hall–Kier alpha value is -3.39. The van der Waals surface area contributed by atoms with Crippen LogP contribution in [0.15, 0.2) is 39.7 Å². The standard InChI is InChI=1S/C20H27N3O10S/c1-3-15(25)31-10-6-21-18(28)22(7-11-32-16(26)4-2)20(30)23(19(21)29)8-12-33-17(27)5-13-34-14-9-24/h3-4,24H,1-2,5-14H2. The van der Waals surface area contributed by atoms with Crippen molar-refractivity contribution in [3.05, 3.63) is 56.8 Å². The fourth-order valence-corrected chi connectivity index (χ4v) is 3.14. The SMILES string of the molecule is C=CC(=O)OCCn1c(=O)n(CCOC(=O)C=C)c(=O)n(CCOC(=O)CCSCCO)c1=O. The number of hydrogen-bond donors (Lipinski definition) is 1. The summed E-state index contributed by atoms with van der Waals surface area (Å²) >= 11 is 1.36. The van der Waals surface area contributed by atoms with Crippen molar-refractivity contribution in [2.45, 2.75) is 26.1 Å². The van der Waals surface area contributed by atoms with Gasteiger partial charge in [0.1, 0.15) is 19.8 Å². The van der Waals surface area contributed by atoms with Crippen molar-refractivity contribution in [3.63, 3.8) is 0 Å². The number of thioether (sulfide) groups is 1. The molecule has 0 atom stereocenters. The number of carbonyl (C=O) groups excluding carboxylic acids is 3. The van der Waals surface area contributed by atoms with E-state index in [2.05, 4.69) is 13.2 Å². The predicted octanol–water partition coefficient (Wildman–Crippen LogP) is -1.71. The van der Waals surface area contributed by atoms with Crippen molar-refractivity contribution >= 4 is 29.7 Å². The van der Waals surface area contributed by atoms with Crippen molar-refractivity contribution in [2.24, 2.45) is 0 Å². The smallest absolute Gasteiger partial charge is 0.336 e. The number of rotatable bonds is 16. The first-order valence-electron chi connectivity index (χ1n) is 10.1. The molecule has 34 heavy (non-hydrogen) atoms. The van der Waals surface area contributed by atoms with Gasteiger partial charge in [-0.2, -0.15) is 11.8 Å². The largest absolute Gasteiger partial charge is 0.464 e. The molecule has 0 aliphatic rings. The van der Waals surface area contributed by atoms with Crippen molar-refractivity contribution in [1.82, 2.24) is 13.7 Å². The maximum atomic E-state index is 12.7. The van der Waals surface area contributed by atoms with Crippen molar-refractivity contribution in [3.8, 4) is 0 Å². The van der Waals surface area contributed by atoms with E-state index >= 15 is 0 Å². The zero-order valence-electron chi connectivity index (χ0n) is 18.5. The second-order valence-electron chi connectivity index (χ2n) is 6.35. The number of hydrogen-bond acceptors (Lipinski definition) is 11. The molecular formula is C20H27N3O10S. The van der Waals surface area contributed by atoms with Gasteiger partial charge in [-0.3, -0.25) is 4.79 Å². The molecule has 1 aromatic rings. The Morgan fingerprint density at radius 1 is 0.765 bits per heavy atom. The van der Waals surface area contributed by atoms with Crippen LogP contribution >= 0.6 is 11.8 Å². The topological polar surface area (TPSA) is 165 Å². The van der Waals surface area contributed by atoms with Gasteiger partial charge < -0.3 is 19.3 Å². The van der Waals surface area contributed by atoms with Gasteiger partial charge in [0.15, 0.2) is 0 Å². The van der Waals surface area contributed by atoms with E-state index < -0.39 is 35.0 Å². The highest BCUT2D eigenvalue weighted by Crippen LogP contribution is 2.02. The van der Waals surface area contributed by atoms with Crippen LogP contribution in [0.5, 0.6) is 0 Å². The first kappa shape index (κ1) is 28.6. The molecule has 188 valence electrons. The molecule has 1 aromatic heterocycles. The van der Waals surface area contributed by atoms with Gasteiger partial charge in [-0.15, -0.1) is 0 Å². The van der Waals surface area contributed by atoms with Crippen LogP contribution in [0.3, 0.4) is 0 Å². The van der Waals surface area contributed by atoms with Gasteiger partial charge in [-0.25, -0.2) is 37.7 Å². The number of aromatic nitrogens is 3. The lowest BCUT2D eigenvalue weighted by atomic mass is 10.5. The van der Waals surface area contributed by atoms with Crippen LogP contribution in [0.4, 0.5) is 0 Å². The van der Waals surface area contributed by atoms with Crippen molar-refractivity contribution < 1.29 is 33.7 Å². The van der Waals surface area contributed by atoms with Gasteiger partial charge in [0, 0.05) is 23.7 Å². The Morgan fingerprint density at radius 2 is 1.18 bits per heavy atom. The summed E-state index contributed by atoms with van der Waals surface area (Å²) in [5.74, 6) is -1.17. The van der Waals surface area contributed by atoms with E-state index in [4.69, 9.17) is 19.3 Å². The van der Waals surface area contributed by atoms with Crippen LogP contribution in [-0.4, -0.2) is 74.6 Å². The summed E-state index contributed by atoms with van der Waals surface area (Å²) < 4.78 is 16.7. The lowest BCUT2D eigenvalue weighted by Gasteiger charge is -2.14. The van der Waals surface area contributed by atoms with Crippen molar-refractivity contribution in [2.75, 3.05) is 37.9 Å². The Bertz CT molecular complexity index is 992. The molecule has 0 amide bonds. The van der Waals surface area contributed by atoms with Crippen LogP contribution in [0.25, 0.3) is 0 Å². The minimum absolute atomic E-state index is 0.00973. The average molecular weight is 502 g/mol. The van der Waals surface area contributed by atoms with Gasteiger partial charge in [-0.1, -0.05) is 13.2 Å². The molecule has 0 aliphatic heterocycles. The molecule has 0 saturated carbocycles. The lowest BCUT2D eigenvalue weighted by Crippen LogP contribution is -2.55. The summed E-state index contributed by atoms with van der Waals surface area (Å²) in [4.78, 5) is 72.4. The summed E-state index contributed by atoms with van der Waals surface area (Å²) in [7, 11) is 0. The molecular weight excluding hydrogens is 474 g/mol. The van der Waals surface area contributed by atoms with E-state index in [1.165, 1.54) is 11.8 Å². The third-order valence-electron chi connectivity index (χ3n) is 4.10. The Balaban J connectivity index is 3.05. The molecule has 0 spiro atoms. The number of ether oxygens (including phenoxy) is 3. The van der Waals surface area contributed by atoms with Gasteiger partial charge in [0.05, 0.1) is 32.7 Å². The van der Waals surface area contributed by atoms with E-state index in [1.54, 1.807) is 0 Å². The Morgan fingerprint density at radius 3 is 1.56 bits per heavy atom. The average Bonchev–Trinajstić information content (AvgIpc) is 2.82. The number of aliphatic hydroxyl groups excluding tert-OH is 1. The zero-order valence-corrected chi connectivity index (χ0v) is 19.3. The fraction of sp³-hybridized carbons (Fsp3) is 0.500. The molecule has 1 heterocycles. The van der Waals surface area contributed by atoms with E-state index in [9.17, 15) is 28.8 Å². The first-order chi connectivity index (χ1) is 16.3. The quantitative estimate of drug-likeness (QED) is 0.119. The van der Waals surface area contributed by atoms with Crippen LogP contribution in [0, 0.1) is 0 Å². The number of aliphatic hydroxyl groups is 1. The molecule has 0 bridgehead atoms. The minimum atomic E-state index is -0.992. The highest BCUT2D eigenvalue weighted by atomic mass is 32.2. The number of carbonyl (C=O) groups is 3. The van der Waals surface area contributed by atoms with E-state index in [-0.39, 0.29) is 52.5 Å². The Kier molecular flexibility index (Phi) is 13.0. The molecule has 0 aliphatic carbocycles. The fourth-order valence-electron chi connectivity index (χ4n) is 2.49. The maximum absolute atomic E-state index is 12.7. The summed E-state index contributed by atoms with van der Waals surface area (Å²) in [6.07, 6.45) is 1.89. The lowest BCUT2D eigenvalue weighted by molar-refractivity contribution is -0.143. The molecule has 14 heteroatoms. The number of nitrogens with zero attached hydrogens (tertiary/aromatic N) is 3. The minimum Gasteiger partial charge on any atom is -0.464 e. The Labute approximate surface area is 198 Å². The van der Waals surface area contributed by atoms with Crippen LogP contribution in [0.1, 0.15) is 6.42 Å². The maximum Gasteiger partial charge on any atom is 0.336 e. The first-order valence-corrected chi connectivity index (χ1v) is 11.3. The monoisotopic (exact) mass is 501 g/mol. The molecule has 13 nitrogen and oxygen atoms in total. The summed E-state index contributed by atoms with van der Waals surface area (Å²) in [6, 6.07) is 0. The van der Waals surface area contributed by atoms with Crippen molar-refractivity contribution in [1.29, 1.82) is 0 Å². The third kappa shape index (κ3) is 9.23. The van der Waals surface area contributed by atoms with Gasteiger partial charge >= 0.3 is 35.0 Å². The zero-order chi connectivity index (χ0) is 25.5. The second-order valence-corrected chi connectivity index (χ2v) is 7.58. The van der Waals surface area contributed by atoms with E-state index in [0.29, 0.717) is 25.2 Å². The van der Waals surface area contributed by atoms with Crippen LogP contribution in [-0.2, 0) is 48.2 Å². The molecule has 0 aromatic carbocycles. The molecule has 0 radical (unpaired) electrons. The molecule has 1 rings (SSSR count). The van der Waals surface area contributed by atoms with E-state index in [1.807, 2.05) is 0 Å². The van der Waals surface area contributed by atoms with Gasteiger partial charge in [0.2, 0.25) is 0 Å². The van der Waals surface area contributed by atoms with Crippen LogP contribution in [0.2, 0.25) is 0 Å². The van der Waals surface area contributed by atoms with Gasteiger partial charge in [0.25, 0.3) is 0 Å². The van der Waals surface area contributed by atoms with Crippen LogP contribution < -0.4 is 17.1 Å². The third-order valence-corrected chi connectivity index (χ3v) is 5.07. The normalized spacial score (nSPS) is 10.4. The predicted molar refractivity (Wildman–Crippen MR) is 122 cm³/mol. The molecule has 0 fully saturated rings. The number of esters is 3. The molecule has 1 N–H and O–H groups in total. The second kappa shape index (κ2) is 15.4. The highest BCUT2D eigenvalue weighted by Gasteiger charge is 2.16. The summed E-state index contributed by atoms with van der Waals surface area (Å²) in [5.41, 5.74) is -2.97. The van der Waals surface area contributed by atoms with Gasteiger partial charge in [-0.05, 0) is 0 Å². The molecule has 0 saturated heterocycles. The molecule has 0 unspecified atom stereocenters. The highest BCUT2D eigenvalue weighted by molar-refractivity contribution is 7.99. The summed E-state index contributed by atoms with van der Waals surface area (Å²) in [6.45, 7) is 4.41. The van der Waals surface area contributed by atoms with E-state index in [0.717, 1.165) is 12.2 Å². The summed E-state index contributed by atoms with van der Waals surface area (Å²) in [5, 5.41) is 8.72.